The fraction of sp³-hybridized carbons (Fsp3) is 0.286. The zero-order chi connectivity index (χ0) is 16.8. The lowest BCUT2D eigenvalue weighted by molar-refractivity contribution is -0.384. The van der Waals surface area contributed by atoms with Crippen molar-refractivity contribution in [2.75, 3.05) is 19.0 Å². The number of aromatic nitrogens is 1. The van der Waals surface area contributed by atoms with E-state index in [1.165, 1.54) is 25.3 Å². The largest absolute Gasteiger partial charge is 0.495 e. The van der Waals surface area contributed by atoms with Gasteiger partial charge in [-0.15, -0.1) is 11.3 Å². The summed E-state index contributed by atoms with van der Waals surface area (Å²) in [6.45, 7) is 2.33. The molecule has 2 aromatic rings. The van der Waals surface area contributed by atoms with Gasteiger partial charge in [-0.2, -0.15) is 0 Å². The summed E-state index contributed by atoms with van der Waals surface area (Å²) < 4.78 is 5.08. The Labute approximate surface area is 136 Å². The summed E-state index contributed by atoms with van der Waals surface area (Å²) in [6, 6.07) is 3.54. The molecule has 2 amide bonds. The Morgan fingerprint density at radius 3 is 2.87 bits per heavy atom. The summed E-state index contributed by atoms with van der Waals surface area (Å²) in [4.78, 5) is 26.5. The highest BCUT2D eigenvalue weighted by Crippen LogP contribution is 2.28. The van der Waals surface area contributed by atoms with E-state index >= 15 is 0 Å². The minimum Gasteiger partial charge on any atom is -0.495 e. The number of benzene rings is 1. The third-order valence-corrected chi connectivity index (χ3v) is 3.80. The molecule has 0 radical (unpaired) electrons. The number of carbonyl (C=O) groups is 1. The van der Waals surface area contributed by atoms with Crippen molar-refractivity contribution in [2.45, 2.75) is 13.3 Å². The van der Waals surface area contributed by atoms with Crippen LogP contribution in [0.15, 0.2) is 23.6 Å². The topological polar surface area (TPSA) is 106 Å². The average Bonchev–Trinajstić information content (AvgIpc) is 2.92. The third kappa shape index (κ3) is 4.65. The highest BCUT2D eigenvalue weighted by molar-refractivity contribution is 7.09. The van der Waals surface area contributed by atoms with Gasteiger partial charge in [-0.25, -0.2) is 9.78 Å². The van der Waals surface area contributed by atoms with Crippen molar-refractivity contribution in [1.29, 1.82) is 0 Å². The van der Waals surface area contributed by atoms with Crippen LogP contribution in [0.1, 0.15) is 10.7 Å². The lowest BCUT2D eigenvalue weighted by Crippen LogP contribution is -2.30. The number of methoxy groups -OCH3 is 1. The zero-order valence-corrected chi connectivity index (χ0v) is 13.5. The van der Waals surface area contributed by atoms with Crippen molar-refractivity contribution in [3.63, 3.8) is 0 Å². The molecule has 0 atom stereocenters. The maximum absolute atomic E-state index is 11.9. The number of hydrogen-bond acceptors (Lipinski definition) is 6. The van der Waals surface area contributed by atoms with Crippen molar-refractivity contribution >= 4 is 28.7 Å². The molecule has 122 valence electrons. The molecule has 1 aromatic heterocycles. The summed E-state index contributed by atoms with van der Waals surface area (Å²) in [5, 5.41) is 18.9. The number of ether oxygens (including phenoxy) is 1. The van der Waals surface area contributed by atoms with E-state index < -0.39 is 11.0 Å². The van der Waals surface area contributed by atoms with Crippen molar-refractivity contribution in [1.82, 2.24) is 10.3 Å². The van der Waals surface area contributed by atoms with Crippen LogP contribution in [0.25, 0.3) is 0 Å². The van der Waals surface area contributed by atoms with Gasteiger partial charge in [-0.1, -0.05) is 0 Å². The van der Waals surface area contributed by atoms with Crippen LogP contribution in [0.4, 0.5) is 16.2 Å². The minimum absolute atomic E-state index is 0.126. The summed E-state index contributed by atoms with van der Waals surface area (Å²) in [5.41, 5.74) is 1.03. The van der Waals surface area contributed by atoms with Gasteiger partial charge in [0.25, 0.3) is 5.69 Å². The molecule has 1 heterocycles. The lowest BCUT2D eigenvalue weighted by atomic mass is 10.2. The number of nitro benzene ring substituents is 1. The summed E-state index contributed by atoms with van der Waals surface area (Å²) in [5.74, 6) is 0.348. The molecule has 0 aliphatic rings. The number of hydrogen-bond donors (Lipinski definition) is 2. The van der Waals surface area contributed by atoms with Crippen molar-refractivity contribution < 1.29 is 14.5 Å². The second-order valence-electron chi connectivity index (χ2n) is 4.63. The quantitative estimate of drug-likeness (QED) is 0.623. The predicted molar refractivity (Wildman–Crippen MR) is 87.2 cm³/mol. The van der Waals surface area contributed by atoms with Crippen molar-refractivity contribution in [3.8, 4) is 5.75 Å². The number of non-ortho nitro benzene ring substituents is 1. The van der Waals surface area contributed by atoms with E-state index in [4.69, 9.17) is 4.74 Å². The lowest BCUT2D eigenvalue weighted by Gasteiger charge is -2.10. The maximum Gasteiger partial charge on any atom is 0.319 e. The van der Waals surface area contributed by atoms with Gasteiger partial charge in [0, 0.05) is 30.5 Å². The van der Waals surface area contributed by atoms with Crippen LogP contribution >= 0.6 is 11.3 Å². The van der Waals surface area contributed by atoms with Crippen molar-refractivity contribution in [2.24, 2.45) is 0 Å². The fourth-order valence-corrected chi connectivity index (χ4v) is 2.55. The van der Waals surface area contributed by atoms with Gasteiger partial charge in [0.1, 0.15) is 5.75 Å². The monoisotopic (exact) mass is 336 g/mol. The number of carbonyl (C=O) groups excluding carboxylic acids is 1. The molecule has 8 nitrogen and oxygen atoms in total. The molecular formula is C14H16N4O4S. The van der Waals surface area contributed by atoms with Gasteiger partial charge in [0.05, 0.1) is 28.4 Å². The molecule has 23 heavy (non-hydrogen) atoms. The van der Waals surface area contributed by atoms with E-state index in [1.807, 2.05) is 12.3 Å². The second kappa shape index (κ2) is 7.54. The smallest absolute Gasteiger partial charge is 0.319 e. The Hall–Kier alpha value is -2.68. The molecule has 2 rings (SSSR count). The van der Waals surface area contributed by atoms with Gasteiger partial charge in [-0.3, -0.25) is 10.1 Å². The van der Waals surface area contributed by atoms with Crippen LogP contribution in [0.2, 0.25) is 0 Å². The van der Waals surface area contributed by atoms with E-state index in [0.29, 0.717) is 18.7 Å². The van der Waals surface area contributed by atoms with Gasteiger partial charge in [0.2, 0.25) is 0 Å². The first-order valence-corrected chi connectivity index (χ1v) is 7.66. The SMILES string of the molecule is COc1ccc([N+](=O)[O-])cc1NC(=O)NCCc1csc(C)n1. The first-order valence-electron chi connectivity index (χ1n) is 6.78. The normalized spacial score (nSPS) is 10.2. The molecule has 1 aromatic carbocycles. The fourth-order valence-electron chi connectivity index (χ4n) is 1.90. The van der Waals surface area contributed by atoms with Crippen molar-refractivity contribution in [3.05, 3.63) is 44.4 Å². The minimum atomic E-state index is -0.535. The van der Waals surface area contributed by atoms with Gasteiger partial charge in [0.15, 0.2) is 0 Å². The highest BCUT2D eigenvalue weighted by Gasteiger charge is 2.13. The van der Waals surface area contributed by atoms with Crippen LogP contribution in [0.5, 0.6) is 5.75 Å². The van der Waals surface area contributed by atoms with E-state index in [0.717, 1.165) is 10.7 Å². The number of urea groups is 1. The first-order chi connectivity index (χ1) is 11.0. The number of aryl methyl sites for hydroxylation is 1. The Bertz CT molecular complexity index is 717. The van der Waals surface area contributed by atoms with E-state index in [2.05, 4.69) is 15.6 Å². The molecule has 0 saturated heterocycles. The maximum atomic E-state index is 11.9. The number of anilines is 1. The second-order valence-corrected chi connectivity index (χ2v) is 5.69. The van der Waals surface area contributed by atoms with Crippen LogP contribution < -0.4 is 15.4 Å². The van der Waals surface area contributed by atoms with Crippen LogP contribution in [-0.4, -0.2) is 29.6 Å². The molecule has 0 fully saturated rings. The molecule has 0 aliphatic carbocycles. The average molecular weight is 336 g/mol. The molecular weight excluding hydrogens is 320 g/mol. The van der Waals surface area contributed by atoms with E-state index in [-0.39, 0.29) is 11.4 Å². The molecule has 2 N–H and O–H groups in total. The zero-order valence-electron chi connectivity index (χ0n) is 12.7. The number of amides is 2. The molecule has 0 unspecified atom stereocenters. The third-order valence-electron chi connectivity index (χ3n) is 2.98. The molecule has 0 saturated carbocycles. The van der Waals surface area contributed by atoms with Gasteiger partial charge < -0.3 is 15.4 Å². The number of nitro groups is 1. The van der Waals surface area contributed by atoms with Gasteiger partial charge in [-0.05, 0) is 13.0 Å². The summed E-state index contributed by atoms with van der Waals surface area (Å²) in [6.07, 6.45) is 0.615. The predicted octanol–water partition coefficient (Wildman–Crippen LogP) is 2.73. The van der Waals surface area contributed by atoms with E-state index in [1.54, 1.807) is 11.3 Å². The molecule has 0 bridgehead atoms. The molecule has 9 heteroatoms. The van der Waals surface area contributed by atoms with Crippen LogP contribution in [-0.2, 0) is 6.42 Å². The Balaban J connectivity index is 1.93. The molecule has 0 aliphatic heterocycles. The highest BCUT2D eigenvalue weighted by atomic mass is 32.1. The van der Waals surface area contributed by atoms with Gasteiger partial charge >= 0.3 is 6.03 Å². The Morgan fingerprint density at radius 1 is 1.48 bits per heavy atom. The Morgan fingerprint density at radius 2 is 2.26 bits per heavy atom. The van der Waals surface area contributed by atoms with Crippen LogP contribution in [0, 0.1) is 17.0 Å². The number of thiazole rings is 1. The van der Waals surface area contributed by atoms with E-state index in [9.17, 15) is 14.9 Å². The summed E-state index contributed by atoms with van der Waals surface area (Å²) >= 11 is 1.56. The Kier molecular flexibility index (Phi) is 5.47. The standard InChI is InChI=1S/C14H16N4O4S/c1-9-16-10(8-23-9)5-6-15-14(19)17-12-7-11(18(20)21)3-4-13(12)22-2/h3-4,7-8H,5-6H2,1-2H3,(H2,15,17,19). The first kappa shape index (κ1) is 16.7. The summed E-state index contributed by atoms with van der Waals surface area (Å²) in [7, 11) is 1.43. The van der Waals surface area contributed by atoms with Crippen LogP contribution in [0.3, 0.4) is 0 Å². The molecule has 0 spiro atoms. The number of rotatable bonds is 6. The number of nitrogens with zero attached hydrogens (tertiary/aromatic N) is 2. The number of nitrogens with one attached hydrogen (secondary N) is 2.